The van der Waals surface area contributed by atoms with Crippen LogP contribution in [0, 0.1) is 13.8 Å². The quantitative estimate of drug-likeness (QED) is 0.873. The van der Waals surface area contributed by atoms with Crippen molar-refractivity contribution in [3.63, 3.8) is 0 Å². The molecule has 2 N–H and O–H groups in total. The Labute approximate surface area is 116 Å². The SMILES string of the molecule is Cc1cc(C(=O)Nc2cc(Cl)ccc2C)ccc1O. The third-order valence-electron chi connectivity index (χ3n) is 2.91. The summed E-state index contributed by atoms with van der Waals surface area (Å²) in [6.45, 7) is 3.64. The molecule has 2 aromatic rings. The lowest BCUT2D eigenvalue weighted by Crippen LogP contribution is -2.12. The Balaban J connectivity index is 2.25. The van der Waals surface area contributed by atoms with Crippen LogP contribution in [0.2, 0.25) is 5.02 Å². The van der Waals surface area contributed by atoms with E-state index in [9.17, 15) is 9.90 Å². The number of halogens is 1. The molecule has 0 unspecified atom stereocenters. The number of hydrogen-bond donors (Lipinski definition) is 2. The van der Waals surface area contributed by atoms with Crippen molar-refractivity contribution in [3.8, 4) is 5.75 Å². The van der Waals surface area contributed by atoms with Gasteiger partial charge in [0.1, 0.15) is 5.75 Å². The van der Waals surface area contributed by atoms with Gasteiger partial charge in [-0.3, -0.25) is 4.79 Å². The van der Waals surface area contributed by atoms with Crippen LogP contribution in [0.4, 0.5) is 5.69 Å². The highest BCUT2D eigenvalue weighted by Crippen LogP contribution is 2.22. The van der Waals surface area contributed by atoms with Gasteiger partial charge >= 0.3 is 0 Å². The predicted octanol–water partition coefficient (Wildman–Crippen LogP) is 3.91. The smallest absolute Gasteiger partial charge is 0.255 e. The largest absolute Gasteiger partial charge is 0.508 e. The molecule has 0 aromatic heterocycles. The second kappa shape index (κ2) is 5.33. The minimum atomic E-state index is -0.228. The van der Waals surface area contributed by atoms with Gasteiger partial charge in [0.25, 0.3) is 5.91 Å². The number of benzene rings is 2. The molecular formula is C15H14ClNO2. The minimum absolute atomic E-state index is 0.176. The normalized spacial score (nSPS) is 10.3. The van der Waals surface area contributed by atoms with Crippen molar-refractivity contribution in [2.75, 3.05) is 5.32 Å². The first-order valence-corrected chi connectivity index (χ1v) is 6.22. The minimum Gasteiger partial charge on any atom is -0.508 e. The Morgan fingerprint density at radius 3 is 2.53 bits per heavy atom. The summed E-state index contributed by atoms with van der Waals surface area (Å²) in [7, 11) is 0. The number of hydrogen-bond acceptors (Lipinski definition) is 2. The van der Waals surface area contributed by atoms with E-state index in [1.807, 2.05) is 13.0 Å². The van der Waals surface area contributed by atoms with Crippen LogP contribution in [0.5, 0.6) is 5.75 Å². The summed E-state index contributed by atoms with van der Waals surface area (Å²) in [6.07, 6.45) is 0. The molecule has 0 heterocycles. The number of aryl methyl sites for hydroxylation is 2. The molecule has 0 aliphatic carbocycles. The van der Waals surface area contributed by atoms with Crippen LogP contribution < -0.4 is 5.32 Å². The molecule has 2 rings (SSSR count). The molecule has 0 saturated heterocycles. The Hall–Kier alpha value is -2.00. The van der Waals surface area contributed by atoms with Crippen molar-refractivity contribution in [2.45, 2.75) is 13.8 Å². The van der Waals surface area contributed by atoms with Crippen molar-refractivity contribution >= 4 is 23.2 Å². The van der Waals surface area contributed by atoms with E-state index in [4.69, 9.17) is 11.6 Å². The summed E-state index contributed by atoms with van der Waals surface area (Å²) in [5, 5.41) is 12.8. The zero-order valence-electron chi connectivity index (χ0n) is 10.7. The van der Waals surface area contributed by atoms with Gasteiger partial charge in [-0.25, -0.2) is 0 Å². The first-order valence-electron chi connectivity index (χ1n) is 5.84. The maximum absolute atomic E-state index is 12.1. The van der Waals surface area contributed by atoms with Crippen LogP contribution in [0.1, 0.15) is 21.5 Å². The number of anilines is 1. The first-order chi connectivity index (χ1) is 8.97. The Morgan fingerprint density at radius 2 is 1.84 bits per heavy atom. The molecule has 0 bridgehead atoms. The number of phenols is 1. The lowest BCUT2D eigenvalue weighted by atomic mass is 10.1. The fourth-order valence-electron chi connectivity index (χ4n) is 1.72. The second-order valence-corrected chi connectivity index (χ2v) is 4.85. The Kier molecular flexibility index (Phi) is 3.76. The van der Waals surface area contributed by atoms with Gasteiger partial charge in [0.2, 0.25) is 0 Å². The highest BCUT2D eigenvalue weighted by atomic mass is 35.5. The zero-order valence-corrected chi connectivity index (χ0v) is 11.5. The molecule has 0 fully saturated rings. The van der Waals surface area contributed by atoms with Crippen molar-refractivity contribution in [1.29, 1.82) is 0 Å². The molecule has 0 saturated carbocycles. The van der Waals surface area contributed by atoms with Crippen molar-refractivity contribution in [3.05, 3.63) is 58.1 Å². The number of aromatic hydroxyl groups is 1. The molecule has 98 valence electrons. The molecule has 4 heteroatoms. The lowest BCUT2D eigenvalue weighted by molar-refractivity contribution is 0.102. The standard InChI is InChI=1S/C15H14ClNO2/c1-9-3-5-12(16)8-13(9)17-15(19)11-4-6-14(18)10(2)7-11/h3-8,18H,1-2H3,(H,17,19). The number of carbonyl (C=O) groups excluding carboxylic acids is 1. The number of nitrogens with one attached hydrogen (secondary N) is 1. The van der Waals surface area contributed by atoms with Crippen molar-refractivity contribution in [1.82, 2.24) is 0 Å². The predicted molar refractivity (Wildman–Crippen MR) is 77.0 cm³/mol. The van der Waals surface area contributed by atoms with Crippen molar-refractivity contribution in [2.24, 2.45) is 0 Å². The third kappa shape index (κ3) is 3.06. The highest BCUT2D eigenvalue weighted by Gasteiger charge is 2.09. The van der Waals surface area contributed by atoms with Gasteiger partial charge in [0.15, 0.2) is 0 Å². The summed E-state index contributed by atoms with van der Waals surface area (Å²) in [6, 6.07) is 10.1. The van der Waals surface area contributed by atoms with Crippen LogP contribution >= 0.6 is 11.6 Å². The maximum Gasteiger partial charge on any atom is 0.255 e. The maximum atomic E-state index is 12.1. The molecule has 0 aliphatic heterocycles. The van der Waals surface area contributed by atoms with E-state index in [1.165, 1.54) is 6.07 Å². The first kappa shape index (κ1) is 13.4. The Bertz CT molecular complexity index is 638. The van der Waals surface area contributed by atoms with Crippen LogP contribution in [0.15, 0.2) is 36.4 Å². The highest BCUT2D eigenvalue weighted by molar-refractivity contribution is 6.31. The molecular weight excluding hydrogens is 262 g/mol. The van der Waals surface area contributed by atoms with Crippen molar-refractivity contribution < 1.29 is 9.90 Å². The number of rotatable bonds is 2. The number of carbonyl (C=O) groups is 1. The number of phenolic OH excluding ortho intramolecular Hbond substituents is 1. The van der Waals surface area contributed by atoms with E-state index in [2.05, 4.69) is 5.32 Å². The number of amides is 1. The van der Waals surface area contributed by atoms with E-state index in [0.29, 0.717) is 21.8 Å². The average molecular weight is 276 g/mol. The molecule has 19 heavy (non-hydrogen) atoms. The van der Waals surface area contributed by atoms with Gasteiger partial charge in [-0.2, -0.15) is 0 Å². The van der Waals surface area contributed by atoms with Crippen LogP contribution in [0.25, 0.3) is 0 Å². The molecule has 1 amide bonds. The molecule has 0 atom stereocenters. The van der Waals surface area contributed by atoms with Gasteiger partial charge < -0.3 is 10.4 Å². The van der Waals surface area contributed by atoms with Gasteiger partial charge in [0, 0.05) is 16.3 Å². The van der Waals surface area contributed by atoms with Crippen LogP contribution in [0.3, 0.4) is 0 Å². The van der Waals surface area contributed by atoms with Crippen LogP contribution in [-0.2, 0) is 0 Å². The zero-order chi connectivity index (χ0) is 14.0. The van der Waals surface area contributed by atoms with E-state index in [-0.39, 0.29) is 11.7 Å². The van der Waals surface area contributed by atoms with Crippen LogP contribution in [-0.4, -0.2) is 11.0 Å². The summed E-state index contributed by atoms with van der Waals surface area (Å²) >= 11 is 5.91. The molecule has 2 aromatic carbocycles. The average Bonchev–Trinajstić information content (AvgIpc) is 2.37. The molecule has 0 spiro atoms. The van der Waals surface area contributed by atoms with E-state index >= 15 is 0 Å². The van der Waals surface area contributed by atoms with E-state index in [1.54, 1.807) is 31.2 Å². The van der Waals surface area contributed by atoms with Gasteiger partial charge in [-0.1, -0.05) is 17.7 Å². The molecule has 0 radical (unpaired) electrons. The summed E-state index contributed by atoms with van der Waals surface area (Å²) in [4.78, 5) is 12.1. The summed E-state index contributed by atoms with van der Waals surface area (Å²) in [5.74, 6) is -0.0519. The topological polar surface area (TPSA) is 49.3 Å². The lowest BCUT2D eigenvalue weighted by Gasteiger charge is -2.09. The molecule has 3 nitrogen and oxygen atoms in total. The molecule has 0 aliphatic rings. The van der Waals surface area contributed by atoms with E-state index in [0.717, 1.165) is 5.56 Å². The van der Waals surface area contributed by atoms with Gasteiger partial charge in [-0.15, -0.1) is 0 Å². The summed E-state index contributed by atoms with van der Waals surface area (Å²) < 4.78 is 0. The fraction of sp³-hybridized carbons (Fsp3) is 0.133. The second-order valence-electron chi connectivity index (χ2n) is 4.41. The fourth-order valence-corrected chi connectivity index (χ4v) is 1.89. The van der Waals surface area contributed by atoms with Gasteiger partial charge in [-0.05, 0) is 55.3 Å². The van der Waals surface area contributed by atoms with E-state index < -0.39 is 0 Å². The third-order valence-corrected chi connectivity index (χ3v) is 3.14. The summed E-state index contributed by atoms with van der Waals surface area (Å²) in [5.41, 5.74) is 2.78. The monoisotopic (exact) mass is 275 g/mol. The van der Waals surface area contributed by atoms with Gasteiger partial charge in [0.05, 0.1) is 0 Å². The Morgan fingerprint density at radius 1 is 1.11 bits per heavy atom.